The van der Waals surface area contributed by atoms with Crippen molar-refractivity contribution in [3.8, 4) is 79.0 Å². The van der Waals surface area contributed by atoms with Gasteiger partial charge in [-0.05, 0) is 227 Å². The van der Waals surface area contributed by atoms with Gasteiger partial charge in [0.25, 0.3) is 47.3 Å². The van der Waals surface area contributed by atoms with Crippen LogP contribution in [0.25, 0.3) is 102 Å². The molecule has 0 saturated carbocycles. The molecule has 762 valence electrons. The van der Waals surface area contributed by atoms with Crippen molar-refractivity contribution in [1.29, 1.82) is 0 Å². The van der Waals surface area contributed by atoms with Crippen LogP contribution in [0.2, 0.25) is 10.0 Å². The van der Waals surface area contributed by atoms with Crippen molar-refractivity contribution < 1.29 is 119 Å². The Labute approximate surface area is 855 Å². The van der Waals surface area contributed by atoms with Gasteiger partial charge in [0.05, 0.1) is 81.0 Å². The highest BCUT2D eigenvalue weighted by Gasteiger charge is 2.44. The highest BCUT2D eigenvalue weighted by Crippen LogP contribution is 2.46. The smallest absolute Gasteiger partial charge is 0.371 e. The standard InChI is InChI=1S/C58H51N5O9.C18H18N2O6.C17H15Cl2NO6.C14H19N3O5S/c1-30-24-36(26-47(67-5)32(30)3)54-41-16-14-39(59-41)53(34-10-12-35(13-11-34)58(66)72-63-51(64)22-23-52(63)65)40-15-17-43(60-40)55(37-25-31(2)57(71-9)50(29-37)70-8)44-19-21-46(62-44)56(45-20-18-42(54)61-45)38-27-48(68-6)33(4)49(28-38)69-7;1-3-19(4-2)12-6-5-11-9-13(17(23)25-14(11)10-12)18(24)26-20-15(21)7-8-16(20)22;1-3-9(2)17(24)10-4-5-11(16(19)15(10)18)25-8-14(23)26-20-12(21)6-7-13(20)22;18-10-5-6-11(19)17(10)22-12(20)4-2-1-3-9-13-8(7-23-9)15-14(21)16-13/h10-21,24-29,59,62H,22-23H2,1-9H3;5-6,9-10H,3-4,7-8H2,1-2H3;4-5H,2-3,6-8H2,1H3;8-9,13H,1-7H2,(H2,15,16,21)/t;;;8-,9-,13-/m...0/s1. The van der Waals surface area contributed by atoms with E-state index in [-0.39, 0.29) is 114 Å². The lowest BCUT2D eigenvalue weighted by Gasteiger charge is -2.21. The Balaban J connectivity index is 0.000000175. The first kappa shape index (κ1) is 105. The summed E-state index contributed by atoms with van der Waals surface area (Å²) in [5, 5.41) is 8.57. The predicted molar refractivity (Wildman–Crippen MR) is 545 cm³/mol. The first-order valence-corrected chi connectivity index (χ1v) is 48.9. The number of carbonyl (C=O) groups excluding carboxylic acids is 14. The minimum Gasteiger partial charge on any atom is -0.496 e. The molecule has 0 aliphatic carbocycles. The van der Waals surface area contributed by atoms with Crippen LogP contribution in [-0.4, -0.2) is 201 Å². The molecular weight excluding hydrogens is 1960 g/mol. The summed E-state index contributed by atoms with van der Waals surface area (Å²) in [4.78, 5) is 218. The van der Waals surface area contributed by atoms with Gasteiger partial charge in [-0.1, -0.05) is 61.3 Å². The van der Waals surface area contributed by atoms with Gasteiger partial charge in [-0.15, -0.1) is 20.3 Å². The molecule has 18 rings (SSSR count). The lowest BCUT2D eigenvalue weighted by atomic mass is 9.98. The number of fused-ring (bicyclic) bond motifs is 10. The number of rotatable bonds is 29. The number of anilines is 1. The fourth-order valence-electron chi connectivity index (χ4n) is 17.7. The van der Waals surface area contributed by atoms with Gasteiger partial charge in [-0.3, -0.25) is 43.2 Å². The van der Waals surface area contributed by atoms with E-state index < -0.39 is 83.4 Å². The average Bonchev–Trinajstić information content (AvgIpc) is 1.60. The summed E-state index contributed by atoms with van der Waals surface area (Å²) in [6.45, 7) is 18.5. The number of ether oxygens (including phenoxy) is 6. The van der Waals surface area contributed by atoms with Crippen LogP contribution in [0.3, 0.4) is 0 Å². The van der Waals surface area contributed by atoms with Crippen LogP contribution in [0.15, 0.2) is 143 Å². The van der Waals surface area contributed by atoms with Crippen LogP contribution in [0, 0.1) is 27.7 Å². The molecule has 6 fully saturated rings. The Morgan fingerprint density at radius 1 is 0.469 bits per heavy atom. The maximum absolute atomic E-state index is 13.3. The molecule has 8 aliphatic rings. The lowest BCUT2D eigenvalue weighted by molar-refractivity contribution is -0.198. The zero-order valence-corrected chi connectivity index (χ0v) is 84.6. The van der Waals surface area contributed by atoms with Gasteiger partial charge in [-0.2, -0.15) is 11.8 Å². The van der Waals surface area contributed by atoms with Crippen molar-refractivity contribution >= 4 is 181 Å². The van der Waals surface area contributed by atoms with Gasteiger partial charge in [0.1, 0.15) is 39.2 Å². The number of ketones is 1. The zero-order chi connectivity index (χ0) is 105. The summed E-state index contributed by atoms with van der Waals surface area (Å²) in [6.07, 6.45) is 11.1. The van der Waals surface area contributed by atoms with E-state index >= 15 is 0 Å². The van der Waals surface area contributed by atoms with Crippen molar-refractivity contribution in [3.05, 3.63) is 216 Å². The van der Waals surface area contributed by atoms with Crippen LogP contribution < -0.4 is 49.6 Å². The molecule has 3 atom stereocenters. The summed E-state index contributed by atoms with van der Waals surface area (Å²) >= 11 is 14.0. The Bertz CT molecular complexity index is 7320. The number of nitrogens with one attached hydrogen (secondary N) is 4. The third-order valence-corrected chi connectivity index (χ3v) is 27.9. The number of H-pyrrole nitrogens is 2. The monoisotopic (exact) mass is 2060 g/mol. The number of amides is 10. The molecule has 8 bridgehead atoms. The molecule has 0 radical (unpaired) electrons. The van der Waals surface area contributed by atoms with Crippen LogP contribution >= 0.6 is 35.0 Å². The minimum absolute atomic E-state index is 0.00700. The minimum atomic E-state index is -1.10. The molecular formula is C107H103Cl2N11O26S. The van der Waals surface area contributed by atoms with E-state index in [9.17, 15) is 71.9 Å². The number of imide groups is 4. The molecule has 12 heterocycles. The molecule has 6 saturated heterocycles. The molecule has 37 nitrogen and oxygen atoms in total. The molecule has 4 aromatic heterocycles. The highest BCUT2D eigenvalue weighted by molar-refractivity contribution is 8.00. The molecule has 6 aromatic carbocycles. The van der Waals surface area contributed by atoms with Crippen LogP contribution in [-0.2, 0) is 67.3 Å². The molecule has 0 unspecified atom stereocenters. The number of aromatic amines is 2. The number of thioether (sulfide) groups is 1. The summed E-state index contributed by atoms with van der Waals surface area (Å²) < 4.78 is 39.9. The number of methoxy groups -OCH3 is 5. The fourth-order valence-corrected chi connectivity index (χ4v) is 19.7. The van der Waals surface area contributed by atoms with Gasteiger partial charge in [0, 0.05) is 154 Å². The lowest BCUT2D eigenvalue weighted by Crippen LogP contribution is -2.36. The summed E-state index contributed by atoms with van der Waals surface area (Å²) in [6, 6.07) is 36.8. The Hall–Kier alpha value is -16.2. The third kappa shape index (κ3) is 22.8. The first-order chi connectivity index (χ1) is 70.6. The predicted octanol–water partition coefficient (Wildman–Crippen LogP) is 17.1. The van der Waals surface area contributed by atoms with E-state index in [0.717, 1.165) is 132 Å². The summed E-state index contributed by atoms with van der Waals surface area (Å²) in [5.41, 5.74) is 16.6. The molecule has 8 aliphatic heterocycles. The Kier molecular flexibility index (Phi) is 32.7. The second-order valence-corrected chi connectivity index (χ2v) is 36.8. The quantitative estimate of drug-likeness (QED) is 0.00844. The number of carbonyl (C=O) groups is 14. The van der Waals surface area contributed by atoms with Crippen LogP contribution in [0.5, 0.6) is 34.5 Å². The molecule has 10 amide bonds. The van der Waals surface area contributed by atoms with Crippen molar-refractivity contribution in [1.82, 2.24) is 50.8 Å². The van der Waals surface area contributed by atoms with Gasteiger partial charge in [0.2, 0.25) is 0 Å². The van der Waals surface area contributed by atoms with Gasteiger partial charge < -0.3 is 77.7 Å². The van der Waals surface area contributed by atoms with E-state index in [0.29, 0.717) is 101 Å². The molecule has 40 heteroatoms. The number of hydrogen-bond acceptors (Lipinski definition) is 30. The number of urea groups is 1. The fraction of sp³-hybridized carbons (Fsp3) is 0.299. The molecule has 4 N–H and O–H groups in total. The number of unbranched alkanes of at least 4 members (excludes halogenated alkanes) is 1. The average molecular weight is 2060 g/mol. The Morgan fingerprint density at radius 3 is 1.41 bits per heavy atom. The second kappa shape index (κ2) is 45.8. The van der Waals surface area contributed by atoms with Crippen molar-refractivity contribution in [2.75, 3.05) is 65.9 Å². The van der Waals surface area contributed by atoms with Gasteiger partial charge >= 0.3 is 35.5 Å². The second-order valence-electron chi connectivity index (χ2n) is 34.8. The topological polar surface area (TPSA) is 459 Å². The highest BCUT2D eigenvalue weighted by atomic mass is 35.5. The van der Waals surface area contributed by atoms with E-state index in [1.54, 1.807) is 78.9 Å². The van der Waals surface area contributed by atoms with E-state index in [1.807, 2.05) is 125 Å². The normalized spacial score (nSPS) is 15.9. The van der Waals surface area contributed by atoms with Crippen LogP contribution in [0.1, 0.15) is 180 Å². The number of hydroxylamine groups is 8. The number of halogens is 2. The number of hydrogen-bond donors (Lipinski definition) is 4. The van der Waals surface area contributed by atoms with E-state index in [1.165, 1.54) is 18.2 Å². The molecule has 147 heavy (non-hydrogen) atoms. The van der Waals surface area contributed by atoms with Gasteiger partial charge in [0.15, 0.2) is 23.9 Å². The van der Waals surface area contributed by atoms with Gasteiger partial charge in [-0.25, -0.2) is 38.7 Å². The number of allylic oxidation sites excluding steroid dienone is 1. The molecule has 0 spiro atoms. The van der Waals surface area contributed by atoms with Crippen molar-refractivity contribution in [2.45, 2.75) is 149 Å². The number of aromatic nitrogens is 4. The number of nitrogens with zero attached hydrogens (tertiary/aromatic N) is 7. The van der Waals surface area contributed by atoms with E-state index in [2.05, 4.69) is 56.0 Å². The zero-order valence-electron chi connectivity index (χ0n) is 82.2. The maximum atomic E-state index is 13.3. The maximum Gasteiger partial charge on any atom is 0.371 e. The summed E-state index contributed by atoms with van der Waals surface area (Å²) in [5.74, 6) is -4.03. The largest absolute Gasteiger partial charge is 0.496 e. The molecule has 10 aromatic rings. The first-order valence-electron chi connectivity index (χ1n) is 47.1. The SMILES string of the molecule is C=C(CC)C(=O)c1ccc(OCC(=O)ON2C(=O)CCC2=O)c(Cl)c1Cl.CCN(CC)c1ccc2cc(C(=O)ON3C(=O)CCC3=O)c(=O)oc2c1.COc1cc(-c2c3nc(c(-c4cc(OC)c(C)c(OC)c4)c4ccc([nH]4)c(-c4cc(C)c(OC)c(OC)c4)c4nc(c(-c5ccc(C(=O)ON6C(=O)CCC6=O)cc5)c5ccc2[nH]5)C=C4)C=C3)cc(C)c1C.O=C1N[C@H]2[C@H](CS[C@H]2CCCCC(=O)ON2C(=O)CCC2=O)N1. The third-order valence-electron chi connectivity index (χ3n) is 25.6. The van der Waals surface area contributed by atoms with Crippen molar-refractivity contribution in [2.24, 2.45) is 0 Å². The number of aryl methyl sites for hydroxylation is 2. The number of benzene rings is 6. The van der Waals surface area contributed by atoms with Crippen molar-refractivity contribution in [3.63, 3.8) is 0 Å². The Morgan fingerprint density at radius 2 is 0.925 bits per heavy atom. The van der Waals surface area contributed by atoms with E-state index in [4.69, 9.17) is 80.5 Å². The van der Waals surface area contributed by atoms with Crippen LogP contribution in [0.4, 0.5) is 10.5 Å². The summed E-state index contributed by atoms with van der Waals surface area (Å²) in [7, 11) is 8.21. The number of Topliss-reactive ketones (excluding diaryl/α,β-unsaturated/α-hetero) is 1.